The summed E-state index contributed by atoms with van der Waals surface area (Å²) in [4.78, 5) is 28.2. The topological polar surface area (TPSA) is 67.9 Å². The molecule has 1 aliphatic heterocycles. The lowest BCUT2D eigenvalue weighted by atomic mass is 10.0. The number of carbonyl (C=O) groups excluding carboxylic acids is 2. The predicted molar refractivity (Wildman–Crippen MR) is 125 cm³/mol. The van der Waals surface area contributed by atoms with Gasteiger partial charge in [-0.3, -0.25) is 9.59 Å². The van der Waals surface area contributed by atoms with Crippen LogP contribution in [0.2, 0.25) is 0 Å². The summed E-state index contributed by atoms with van der Waals surface area (Å²) < 4.78 is 11.1. The van der Waals surface area contributed by atoms with Gasteiger partial charge in [0, 0.05) is 17.8 Å². The average molecular weight is 428 g/mol. The number of nitrogens with zero attached hydrogens (tertiary/aromatic N) is 1. The van der Waals surface area contributed by atoms with Gasteiger partial charge in [-0.05, 0) is 43.7 Å². The standard InChI is InChI=1S/C26H24N2O4/c1-3-31-21-14-8-12-19(16-21)27-24-23(18-10-6-5-7-11-18)25(29)28(26(24)30)20-13-9-15-22(17-20)32-4-2/h5-17,27H,3-4H2,1-2H3. The van der Waals surface area contributed by atoms with E-state index in [4.69, 9.17) is 9.47 Å². The number of ether oxygens (including phenoxy) is 2. The van der Waals surface area contributed by atoms with Crippen molar-refractivity contribution in [1.29, 1.82) is 0 Å². The highest BCUT2D eigenvalue weighted by molar-refractivity contribution is 6.46. The van der Waals surface area contributed by atoms with Gasteiger partial charge in [0.25, 0.3) is 11.8 Å². The van der Waals surface area contributed by atoms with Crippen LogP contribution in [0.25, 0.3) is 5.57 Å². The molecule has 3 aromatic rings. The van der Waals surface area contributed by atoms with Crippen LogP contribution >= 0.6 is 0 Å². The van der Waals surface area contributed by atoms with E-state index in [0.29, 0.717) is 47.2 Å². The number of carbonyl (C=O) groups is 2. The summed E-state index contributed by atoms with van der Waals surface area (Å²) in [6.07, 6.45) is 0. The molecule has 162 valence electrons. The second-order valence-electron chi connectivity index (χ2n) is 7.08. The molecule has 0 aromatic heterocycles. The van der Waals surface area contributed by atoms with Crippen molar-refractivity contribution in [3.63, 3.8) is 0 Å². The largest absolute Gasteiger partial charge is 0.494 e. The normalized spacial score (nSPS) is 13.5. The van der Waals surface area contributed by atoms with Crippen LogP contribution in [0.3, 0.4) is 0 Å². The van der Waals surface area contributed by atoms with Crippen LogP contribution in [0, 0.1) is 0 Å². The first-order valence-corrected chi connectivity index (χ1v) is 10.5. The van der Waals surface area contributed by atoms with Crippen molar-refractivity contribution in [1.82, 2.24) is 0 Å². The van der Waals surface area contributed by atoms with E-state index in [0.717, 1.165) is 0 Å². The highest BCUT2D eigenvalue weighted by Crippen LogP contribution is 2.35. The Kier molecular flexibility index (Phi) is 6.22. The van der Waals surface area contributed by atoms with Crippen molar-refractivity contribution in [3.8, 4) is 11.5 Å². The molecule has 3 aromatic carbocycles. The van der Waals surface area contributed by atoms with E-state index in [1.165, 1.54) is 4.90 Å². The number of imide groups is 1. The minimum atomic E-state index is -0.427. The molecule has 32 heavy (non-hydrogen) atoms. The van der Waals surface area contributed by atoms with Crippen LogP contribution in [-0.4, -0.2) is 25.0 Å². The highest BCUT2D eigenvalue weighted by Gasteiger charge is 2.40. The van der Waals surface area contributed by atoms with Crippen molar-refractivity contribution in [2.45, 2.75) is 13.8 Å². The summed E-state index contributed by atoms with van der Waals surface area (Å²) in [5, 5.41) is 3.16. The Morgan fingerprint density at radius 3 is 2.09 bits per heavy atom. The van der Waals surface area contributed by atoms with E-state index < -0.39 is 11.8 Å². The Morgan fingerprint density at radius 2 is 1.41 bits per heavy atom. The lowest BCUT2D eigenvalue weighted by Gasteiger charge is -2.16. The van der Waals surface area contributed by atoms with Gasteiger partial charge in [0.1, 0.15) is 17.2 Å². The fourth-order valence-electron chi connectivity index (χ4n) is 3.61. The maximum Gasteiger partial charge on any atom is 0.282 e. The molecule has 6 heteroatoms. The van der Waals surface area contributed by atoms with Gasteiger partial charge >= 0.3 is 0 Å². The third kappa shape index (κ3) is 4.21. The second-order valence-corrected chi connectivity index (χ2v) is 7.08. The number of hydrogen-bond donors (Lipinski definition) is 1. The molecule has 4 rings (SSSR count). The number of amides is 2. The lowest BCUT2D eigenvalue weighted by Crippen LogP contribution is -2.32. The first kappa shape index (κ1) is 21.2. The quantitative estimate of drug-likeness (QED) is 0.518. The zero-order valence-corrected chi connectivity index (χ0v) is 18.0. The van der Waals surface area contributed by atoms with Crippen molar-refractivity contribution < 1.29 is 19.1 Å². The summed E-state index contributed by atoms with van der Waals surface area (Å²) in [7, 11) is 0. The van der Waals surface area contributed by atoms with Crippen LogP contribution in [0.4, 0.5) is 11.4 Å². The molecule has 0 fully saturated rings. The van der Waals surface area contributed by atoms with Gasteiger partial charge in [-0.2, -0.15) is 0 Å². The monoisotopic (exact) mass is 428 g/mol. The van der Waals surface area contributed by atoms with Crippen LogP contribution in [0.5, 0.6) is 11.5 Å². The minimum absolute atomic E-state index is 0.219. The number of hydrogen-bond acceptors (Lipinski definition) is 5. The molecular formula is C26H24N2O4. The fraction of sp³-hybridized carbons (Fsp3) is 0.154. The molecule has 0 aliphatic carbocycles. The summed E-state index contributed by atoms with van der Waals surface area (Å²) in [6, 6.07) is 23.5. The number of benzene rings is 3. The first-order valence-electron chi connectivity index (χ1n) is 10.5. The third-order valence-corrected chi connectivity index (χ3v) is 4.95. The number of nitrogens with one attached hydrogen (secondary N) is 1. The average Bonchev–Trinajstić information content (AvgIpc) is 3.04. The van der Waals surface area contributed by atoms with E-state index in [-0.39, 0.29) is 5.70 Å². The summed E-state index contributed by atoms with van der Waals surface area (Å²) in [5.41, 5.74) is 2.32. The van der Waals surface area contributed by atoms with Crippen molar-refractivity contribution >= 4 is 28.8 Å². The van der Waals surface area contributed by atoms with E-state index in [1.807, 2.05) is 62.4 Å². The van der Waals surface area contributed by atoms with E-state index >= 15 is 0 Å². The van der Waals surface area contributed by atoms with Gasteiger partial charge in [-0.25, -0.2) is 4.90 Å². The number of rotatable bonds is 8. The predicted octanol–water partition coefficient (Wildman–Crippen LogP) is 4.88. The Labute approximate surface area is 187 Å². The van der Waals surface area contributed by atoms with Crippen LogP contribution in [0.15, 0.2) is 84.6 Å². The van der Waals surface area contributed by atoms with Crippen LogP contribution < -0.4 is 19.7 Å². The van der Waals surface area contributed by atoms with Gasteiger partial charge in [0.15, 0.2) is 0 Å². The van der Waals surface area contributed by atoms with Crippen molar-refractivity contribution in [3.05, 3.63) is 90.1 Å². The smallest absolute Gasteiger partial charge is 0.282 e. The fourth-order valence-corrected chi connectivity index (χ4v) is 3.61. The van der Waals surface area contributed by atoms with Gasteiger partial charge < -0.3 is 14.8 Å². The SMILES string of the molecule is CCOc1cccc(NC2=C(c3ccccc3)C(=O)N(c3cccc(OCC)c3)C2=O)c1. The Morgan fingerprint density at radius 1 is 0.750 bits per heavy atom. The van der Waals surface area contributed by atoms with Gasteiger partial charge in [-0.1, -0.05) is 42.5 Å². The third-order valence-electron chi connectivity index (χ3n) is 4.95. The molecule has 1 aliphatic rings. The maximum atomic E-state index is 13.5. The summed E-state index contributed by atoms with van der Waals surface area (Å²) in [6.45, 7) is 4.81. The first-order chi connectivity index (χ1) is 15.6. The highest BCUT2D eigenvalue weighted by atomic mass is 16.5. The molecule has 1 N–H and O–H groups in total. The molecule has 0 bridgehead atoms. The molecule has 0 spiro atoms. The summed E-state index contributed by atoms with van der Waals surface area (Å²) >= 11 is 0. The molecular weight excluding hydrogens is 404 g/mol. The van der Waals surface area contributed by atoms with E-state index in [9.17, 15) is 9.59 Å². The van der Waals surface area contributed by atoms with Crippen molar-refractivity contribution in [2.75, 3.05) is 23.4 Å². The Hall–Kier alpha value is -4.06. The molecule has 0 atom stereocenters. The Bertz CT molecular complexity index is 1170. The van der Waals surface area contributed by atoms with E-state index in [2.05, 4.69) is 5.32 Å². The molecule has 0 saturated carbocycles. The Balaban J connectivity index is 1.76. The molecule has 1 heterocycles. The molecule has 6 nitrogen and oxygen atoms in total. The van der Waals surface area contributed by atoms with Crippen LogP contribution in [-0.2, 0) is 9.59 Å². The zero-order valence-electron chi connectivity index (χ0n) is 18.0. The van der Waals surface area contributed by atoms with Gasteiger partial charge in [0.05, 0.1) is 24.5 Å². The number of anilines is 2. The molecule has 0 radical (unpaired) electrons. The molecule has 2 amide bonds. The van der Waals surface area contributed by atoms with Crippen molar-refractivity contribution in [2.24, 2.45) is 0 Å². The zero-order chi connectivity index (χ0) is 22.5. The van der Waals surface area contributed by atoms with Crippen LogP contribution in [0.1, 0.15) is 19.4 Å². The minimum Gasteiger partial charge on any atom is -0.494 e. The van der Waals surface area contributed by atoms with Gasteiger partial charge in [-0.15, -0.1) is 0 Å². The summed E-state index contributed by atoms with van der Waals surface area (Å²) in [5.74, 6) is 0.456. The van der Waals surface area contributed by atoms with E-state index in [1.54, 1.807) is 30.3 Å². The second kappa shape index (κ2) is 9.39. The molecule has 0 unspecified atom stereocenters. The maximum absolute atomic E-state index is 13.5. The lowest BCUT2D eigenvalue weighted by molar-refractivity contribution is -0.120. The molecule has 0 saturated heterocycles. The van der Waals surface area contributed by atoms with Gasteiger partial charge in [0.2, 0.25) is 0 Å².